The highest BCUT2D eigenvalue weighted by atomic mass is 15.2. The van der Waals surface area contributed by atoms with Gasteiger partial charge in [0.2, 0.25) is 0 Å². The summed E-state index contributed by atoms with van der Waals surface area (Å²) < 4.78 is 0. The van der Waals surface area contributed by atoms with Crippen LogP contribution in [0, 0.1) is 0 Å². The summed E-state index contributed by atoms with van der Waals surface area (Å²) in [7, 11) is 4.19. The monoisotopic (exact) mass is 337 g/mol. The number of hydrogen-bond donors (Lipinski definition) is 1. The molecule has 0 bridgehead atoms. The molecule has 0 aliphatic carbocycles. The highest BCUT2D eigenvalue weighted by molar-refractivity contribution is 5.48. The largest absolute Gasteiger partial charge is 0.378 e. The van der Waals surface area contributed by atoms with E-state index in [9.17, 15) is 0 Å². The van der Waals surface area contributed by atoms with Crippen molar-refractivity contribution in [2.45, 2.75) is 25.8 Å². The molecule has 134 valence electrons. The second-order valence-electron chi connectivity index (χ2n) is 7.12. The maximum atomic E-state index is 3.53. The molecule has 0 spiro atoms. The summed E-state index contributed by atoms with van der Waals surface area (Å²) in [4.78, 5) is 4.79. The molecule has 2 aromatic rings. The first-order chi connectivity index (χ1) is 12.2. The molecule has 3 heteroatoms. The van der Waals surface area contributed by atoms with Gasteiger partial charge in [0, 0.05) is 39.4 Å². The molecule has 1 saturated heterocycles. The van der Waals surface area contributed by atoms with Gasteiger partial charge in [-0.15, -0.1) is 0 Å². The van der Waals surface area contributed by atoms with Gasteiger partial charge in [0.1, 0.15) is 0 Å². The molecule has 0 aromatic heterocycles. The normalized spacial score (nSPS) is 17.1. The van der Waals surface area contributed by atoms with Crippen molar-refractivity contribution in [2.75, 3.05) is 45.2 Å². The van der Waals surface area contributed by atoms with E-state index in [1.807, 2.05) is 0 Å². The third-order valence-corrected chi connectivity index (χ3v) is 5.17. The fraction of sp³-hybridized carbons (Fsp3) is 0.455. The van der Waals surface area contributed by atoms with Crippen LogP contribution in [0.25, 0.3) is 0 Å². The van der Waals surface area contributed by atoms with E-state index in [2.05, 4.69) is 84.7 Å². The van der Waals surface area contributed by atoms with Crippen molar-refractivity contribution in [1.29, 1.82) is 0 Å². The van der Waals surface area contributed by atoms with E-state index in [1.54, 1.807) is 0 Å². The van der Waals surface area contributed by atoms with Gasteiger partial charge in [-0.2, -0.15) is 0 Å². The van der Waals surface area contributed by atoms with Gasteiger partial charge in [-0.25, -0.2) is 0 Å². The summed E-state index contributed by atoms with van der Waals surface area (Å²) >= 11 is 0. The standard InChI is InChI=1S/C22H31N3/c1-4-18-6-8-19(9-7-18)22(25-16-5-14-23-15-17-25)20-10-12-21(13-11-20)24(2)3/h6-13,22-23H,4-5,14-17H2,1-3H3. The maximum Gasteiger partial charge on any atom is 0.0602 e. The Morgan fingerprint density at radius 1 is 0.920 bits per heavy atom. The van der Waals surface area contributed by atoms with Crippen LogP contribution in [0.4, 0.5) is 5.69 Å². The lowest BCUT2D eigenvalue weighted by Crippen LogP contribution is -2.33. The van der Waals surface area contributed by atoms with Crippen molar-refractivity contribution < 1.29 is 0 Å². The van der Waals surface area contributed by atoms with E-state index in [4.69, 9.17) is 0 Å². The first-order valence-electron chi connectivity index (χ1n) is 9.50. The zero-order valence-corrected chi connectivity index (χ0v) is 15.8. The van der Waals surface area contributed by atoms with Crippen LogP contribution >= 0.6 is 0 Å². The van der Waals surface area contributed by atoms with Crippen molar-refractivity contribution >= 4 is 5.69 Å². The third kappa shape index (κ3) is 4.42. The average Bonchev–Trinajstić information content (AvgIpc) is 2.92. The van der Waals surface area contributed by atoms with Crippen molar-refractivity contribution in [3.05, 3.63) is 65.2 Å². The Morgan fingerprint density at radius 3 is 2.16 bits per heavy atom. The summed E-state index contributed by atoms with van der Waals surface area (Å²) in [5.74, 6) is 0. The van der Waals surface area contributed by atoms with Crippen molar-refractivity contribution in [2.24, 2.45) is 0 Å². The lowest BCUT2D eigenvalue weighted by Gasteiger charge is -2.31. The summed E-state index contributed by atoms with van der Waals surface area (Å²) in [5, 5.41) is 3.53. The predicted molar refractivity (Wildman–Crippen MR) is 107 cm³/mol. The van der Waals surface area contributed by atoms with Gasteiger partial charge in [0.25, 0.3) is 0 Å². The quantitative estimate of drug-likeness (QED) is 0.897. The van der Waals surface area contributed by atoms with Gasteiger partial charge < -0.3 is 10.2 Å². The predicted octanol–water partition coefficient (Wildman–Crippen LogP) is 3.70. The molecule has 1 atom stereocenters. The van der Waals surface area contributed by atoms with Crippen LogP contribution in [-0.2, 0) is 6.42 Å². The molecular formula is C22H31N3. The number of anilines is 1. The number of aryl methyl sites for hydroxylation is 1. The molecule has 1 N–H and O–H groups in total. The van der Waals surface area contributed by atoms with Crippen LogP contribution in [0.15, 0.2) is 48.5 Å². The van der Waals surface area contributed by atoms with Crippen LogP contribution in [0.2, 0.25) is 0 Å². The van der Waals surface area contributed by atoms with E-state index in [0.717, 1.165) is 32.6 Å². The number of nitrogens with zero attached hydrogens (tertiary/aromatic N) is 2. The molecule has 1 fully saturated rings. The molecule has 1 aliphatic heterocycles. The summed E-state index contributed by atoms with van der Waals surface area (Å²) in [5.41, 5.74) is 5.44. The Hall–Kier alpha value is -1.84. The van der Waals surface area contributed by atoms with Crippen molar-refractivity contribution in [3.63, 3.8) is 0 Å². The zero-order valence-electron chi connectivity index (χ0n) is 15.8. The molecule has 0 amide bonds. The fourth-order valence-corrected chi connectivity index (χ4v) is 3.63. The summed E-state index contributed by atoms with van der Waals surface area (Å²) in [6, 6.07) is 18.6. The molecule has 1 aliphatic rings. The second kappa shape index (κ2) is 8.50. The molecule has 0 saturated carbocycles. The second-order valence-corrected chi connectivity index (χ2v) is 7.12. The van der Waals surface area contributed by atoms with Gasteiger partial charge in [-0.1, -0.05) is 43.3 Å². The molecular weight excluding hydrogens is 306 g/mol. The molecule has 25 heavy (non-hydrogen) atoms. The SMILES string of the molecule is CCc1ccc(C(c2ccc(N(C)C)cc2)N2CCCNCC2)cc1. The first-order valence-corrected chi connectivity index (χ1v) is 9.50. The highest BCUT2D eigenvalue weighted by Gasteiger charge is 2.23. The number of benzene rings is 2. The Bertz CT molecular complexity index is 638. The molecule has 3 rings (SSSR count). The molecule has 2 aromatic carbocycles. The Morgan fingerprint density at radius 2 is 1.56 bits per heavy atom. The van der Waals surface area contributed by atoms with Gasteiger partial charge in [-0.05, 0) is 48.2 Å². The van der Waals surface area contributed by atoms with Crippen molar-refractivity contribution in [1.82, 2.24) is 10.2 Å². The lowest BCUT2D eigenvalue weighted by molar-refractivity contribution is 0.241. The van der Waals surface area contributed by atoms with Crippen LogP contribution in [0.5, 0.6) is 0 Å². The smallest absolute Gasteiger partial charge is 0.0602 e. The Balaban J connectivity index is 1.94. The fourth-order valence-electron chi connectivity index (χ4n) is 3.63. The van der Waals surface area contributed by atoms with Crippen LogP contribution < -0.4 is 10.2 Å². The van der Waals surface area contributed by atoms with E-state index in [0.29, 0.717) is 6.04 Å². The van der Waals surface area contributed by atoms with E-state index >= 15 is 0 Å². The van der Waals surface area contributed by atoms with Crippen LogP contribution in [0.3, 0.4) is 0 Å². The molecule has 1 unspecified atom stereocenters. The van der Waals surface area contributed by atoms with Gasteiger partial charge in [0.15, 0.2) is 0 Å². The van der Waals surface area contributed by atoms with E-state index in [1.165, 1.54) is 28.8 Å². The Kier molecular flexibility index (Phi) is 6.11. The maximum absolute atomic E-state index is 3.53. The molecule has 1 heterocycles. The van der Waals surface area contributed by atoms with Gasteiger partial charge in [0.05, 0.1) is 6.04 Å². The number of rotatable bonds is 5. The minimum Gasteiger partial charge on any atom is -0.378 e. The van der Waals surface area contributed by atoms with E-state index in [-0.39, 0.29) is 0 Å². The number of nitrogens with one attached hydrogen (secondary N) is 1. The van der Waals surface area contributed by atoms with Crippen molar-refractivity contribution in [3.8, 4) is 0 Å². The topological polar surface area (TPSA) is 18.5 Å². The van der Waals surface area contributed by atoms with Crippen LogP contribution in [0.1, 0.15) is 36.1 Å². The molecule has 0 radical (unpaired) electrons. The first kappa shape index (κ1) is 18.0. The van der Waals surface area contributed by atoms with Crippen LogP contribution in [-0.4, -0.2) is 45.2 Å². The lowest BCUT2D eigenvalue weighted by atomic mass is 9.95. The summed E-state index contributed by atoms with van der Waals surface area (Å²) in [6.07, 6.45) is 2.30. The van der Waals surface area contributed by atoms with Gasteiger partial charge >= 0.3 is 0 Å². The van der Waals surface area contributed by atoms with E-state index < -0.39 is 0 Å². The minimum atomic E-state index is 0.335. The highest BCUT2D eigenvalue weighted by Crippen LogP contribution is 2.30. The average molecular weight is 338 g/mol. The number of hydrogen-bond acceptors (Lipinski definition) is 3. The third-order valence-electron chi connectivity index (χ3n) is 5.17. The summed E-state index contributed by atoms with van der Waals surface area (Å²) in [6.45, 7) is 6.64. The Labute approximate surface area is 152 Å². The minimum absolute atomic E-state index is 0.335. The van der Waals surface area contributed by atoms with Gasteiger partial charge in [-0.3, -0.25) is 4.90 Å². The molecule has 3 nitrogen and oxygen atoms in total. The zero-order chi connectivity index (χ0) is 17.6.